The van der Waals surface area contributed by atoms with Gasteiger partial charge in [0, 0.05) is 4.88 Å². The van der Waals surface area contributed by atoms with Crippen molar-refractivity contribution in [3.8, 4) is 10.4 Å². The number of aromatic carboxylic acids is 1. The molecule has 0 atom stereocenters. The third-order valence-corrected chi connectivity index (χ3v) is 5.93. The molecule has 1 N–H and O–H groups in total. The standard InChI is InChI=1S/C16H10N2O2S3/c19-16(20)12-3-1-2-4-13(12)18-17-11-7-5-10(6-8-11)14-9-15(21)23-22-14/h1-9H,(H,19,20). The summed E-state index contributed by atoms with van der Waals surface area (Å²) in [5.74, 6) is -1.02. The van der Waals surface area contributed by atoms with Crippen molar-refractivity contribution < 1.29 is 9.90 Å². The summed E-state index contributed by atoms with van der Waals surface area (Å²) in [7, 11) is 3.22. The second-order valence-electron chi connectivity index (χ2n) is 4.56. The van der Waals surface area contributed by atoms with Crippen LogP contribution < -0.4 is 0 Å². The van der Waals surface area contributed by atoms with Gasteiger partial charge in [-0.2, -0.15) is 5.11 Å². The molecule has 3 aromatic rings. The third-order valence-electron chi connectivity index (χ3n) is 3.02. The number of carboxylic acids is 1. The fourth-order valence-electron chi connectivity index (χ4n) is 1.92. The van der Waals surface area contributed by atoms with Crippen molar-refractivity contribution in [3.63, 3.8) is 0 Å². The minimum atomic E-state index is -1.02. The highest BCUT2D eigenvalue weighted by Gasteiger charge is 2.08. The smallest absolute Gasteiger partial charge is 0.337 e. The Morgan fingerprint density at radius 1 is 1.00 bits per heavy atom. The van der Waals surface area contributed by atoms with E-state index in [4.69, 9.17) is 17.3 Å². The van der Waals surface area contributed by atoms with Gasteiger partial charge in [-0.15, -0.1) is 5.11 Å². The number of rotatable bonds is 4. The maximum Gasteiger partial charge on any atom is 0.337 e. The van der Waals surface area contributed by atoms with Gasteiger partial charge in [-0.05, 0) is 35.9 Å². The van der Waals surface area contributed by atoms with Crippen molar-refractivity contribution >= 4 is 50.2 Å². The van der Waals surface area contributed by atoms with Crippen LogP contribution in [-0.4, -0.2) is 11.1 Å². The Morgan fingerprint density at radius 3 is 2.39 bits per heavy atom. The topological polar surface area (TPSA) is 62.0 Å². The summed E-state index contributed by atoms with van der Waals surface area (Å²) >= 11 is 5.14. The van der Waals surface area contributed by atoms with Crippen molar-refractivity contribution in [2.24, 2.45) is 10.2 Å². The van der Waals surface area contributed by atoms with Crippen LogP contribution in [0.1, 0.15) is 10.4 Å². The lowest BCUT2D eigenvalue weighted by Gasteiger charge is -1.99. The van der Waals surface area contributed by atoms with Crippen LogP contribution >= 0.6 is 32.9 Å². The lowest BCUT2D eigenvalue weighted by molar-refractivity contribution is 0.0698. The molecule has 0 aliphatic heterocycles. The lowest BCUT2D eigenvalue weighted by Crippen LogP contribution is -1.95. The fourth-order valence-corrected chi connectivity index (χ4v) is 4.32. The quantitative estimate of drug-likeness (QED) is 0.337. The van der Waals surface area contributed by atoms with Crippen molar-refractivity contribution in [2.75, 3.05) is 0 Å². The molecule has 7 heteroatoms. The van der Waals surface area contributed by atoms with E-state index in [1.165, 1.54) is 6.07 Å². The van der Waals surface area contributed by atoms with E-state index in [-0.39, 0.29) is 5.56 Å². The van der Waals surface area contributed by atoms with Gasteiger partial charge in [-0.1, -0.05) is 57.2 Å². The Balaban J connectivity index is 1.84. The SMILES string of the molecule is O=C(O)c1ccccc1N=Nc1ccc(-c2cc(=S)ss2)cc1. The summed E-state index contributed by atoms with van der Waals surface area (Å²) < 4.78 is 0.874. The van der Waals surface area contributed by atoms with E-state index in [2.05, 4.69) is 10.2 Å². The van der Waals surface area contributed by atoms with Gasteiger partial charge in [0.15, 0.2) is 0 Å². The van der Waals surface area contributed by atoms with Gasteiger partial charge in [-0.25, -0.2) is 4.79 Å². The van der Waals surface area contributed by atoms with Crippen molar-refractivity contribution in [1.82, 2.24) is 0 Å². The van der Waals surface area contributed by atoms with E-state index in [9.17, 15) is 4.79 Å². The maximum atomic E-state index is 11.1. The van der Waals surface area contributed by atoms with Gasteiger partial charge in [0.25, 0.3) is 0 Å². The average Bonchev–Trinajstić information content (AvgIpc) is 3.00. The Labute approximate surface area is 144 Å². The first-order chi connectivity index (χ1) is 11.1. The van der Waals surface area contributed by atoms with Crippen molar-refractivity contribution in [2.45, 2.75) is 0 Å². The summed E-state index contributed by atoms with van der Waals surface area (Å²) in [5.41, 5.74) is 2.20. The van der Waals surface area contributed by atoms with Crippen LogP contribution in [0.25, 0.3) is 10.4 Å². The van der Waals surface area contributed by atoms with E-state index in [1.807, 2.05) is 30.3 Å². The van der Waals surface area contributed by atoms with E-state index < -0.39 is 5.97 Å². The van der Waals surface area contributed by atoms with Crippen LogP contribution in [0.3, 0.4) is 0 Å². The Morgan fingerprint density at radius 2 is 1.74 bits per heavy atom. The van der Waals surface area contributed by atoms with Crippen LogP contribution in [0, 0.1) is 3.82 Å². The van der Waals surface area contributed by atoms with Crippen molar-refractivity contribution in [1.29, 1.82) is 0 Å². The number of benzene rings is 2. The molecule has 0 radical (unpaired) electrons. The second-order valence-corrected chi connectivity index (χ2v) is 7.47. The normalized spacial score (nSPS) is 11.0. The molecule has 1 heterocycles. The predicted octanol–water partition coefficient (Wildman–Crippen LogP) is 6.32. The van der Waals surface area contributed by atoms with E-state index >= 15 is 0 Å². The molecule has 0 spiro atoms. The molecule has 0 aliphatic carbocycles. The Kier molecular flexibility index (Phi) is 4.71. The minimum Gasteiger partial charge on any atom is -0.478 e. The van der Waals surface area contributed by atoms with Crippen molar-refractivity contribution in [3.05, 3.63) is 64.0 Å². The van der Waals surface area contributed by atoms with Gasteiger partial charge in [0.05, 0.1) is 11.3 Å². The summed E-state index contributed by atoms with van der Waals surface area (Å²) in [6.45, 7) is 0. The minimum absolute atomic E-state index is 0.130. The molecule has 0 amide bonds. The van der Waals surface area contributed by atoms with Crippen LogP contribution in [0.15, 0.2) is 64.8 Å². The molecule has 114 valence electrons. The fraction of sp³-hybridized carbons (Fsp3) is 0. The van der Waals surface area contributed by atoms with Gasteiger partial charge in [0.1, 0.15) is 9.51 Å². The zero-order chi connectivity index (χ0) is 16.2. The highest BCUT2D eigenvalue weighted by atomic mass is 32.9. The third kappa shape index (κ3) is 3.76. The van der Waals surface area contributed by atoms with Gasteiger partial charge in [-0.3, -0.25) is 0 Å². The largest absolute Gasteiger partial charge is 0.478 e. The summed E-state index contributed by atoms with van der Waals surface area (Å²) in [4.78, 5) is 12.3. The molecule has 0 fully saturated rings. The first kappa shape index (κ1) is 15.7. The first-order valence-corrected chi connectivity index (χ1v) is 9.14. The zero-order valence-corrected chi connectivity index (χ0v) is 14.1. The predicted molar refractivity (Wildman–Crippen MR) is 96.0 cm³/mol. The number of carbonyl (C=O) groups is 1. The average molecular weight is 358 g/mol. The summed E-state index contributed by atoms with van der Waals surface area (Å²) in [6.07, 6.45) is 0. The number of azo groups is 1. The molecule has 3 rings (SSSR count). The molecule has 4 nitrogen and oxygen atoms in total. The van der Waals surface area contributed by atoms with E-state index in [0.29, 0.717) is 11.4 Å². The number of carboxylic acid groups (broad SMARTS) is 1. The van der Waals surface area contributed by atoms with Gasteiger partial charge >= 0.3 is 5.97 Å². The molecule has 0 saturated carbocycles. The molecule has 23 heavy (non-hydrogen) atoms. The number of hydrogen-bond acceptors (Lipinski definition) is 6. The molecule has 0 aliphatic rings. The molecule has 0 saturated heterocycles. The molecule has 0 bridgehead atoms. The Bertz CT molecular complexity index is 927. The zero-order valence-electron chi connectivity index (χ0n) is 11.7. The highest BCUT2D eigenvalue weighted by molar-refractivity contribution is 7.80. The molecule has 1 aromatic heterocycles. The van der Waals surface area contributed by atoms with Crippen LogP contribution in [0.5, 0.6) is 0 Å². The molecule has 2 aromatic carbocycles. The second kappa shape index (κ2) is 6.91. The van der Waals surface area contributed by atoms with Crippen LogP contribution in [-0.2, 0) is 0 Å². The summed E-state index contributed by atoms with van der Waals surface area (Å²) in [5, 5.41) is 17.3. The highest BCUT2D eigenvalue weighted by Crippen LogP contribution is 2.31. The van der Waals surface area contributed by atoms with E-state index in [0.717, 1.165) is 14.3 Å². The maximum absolute atomic E-state index is 11.1. The molecular formula is C16H10N2O2S3. The van der Waals surface area contributed by atoms with Gasteiger partial charge in [0.2, 0.25) is 0 Å². The molecule has 0 unspecified atom stereocenters. The monoisotopic (exact) mass is 358 g/mol. The number of nitrogens with zero attached hydrogens (tertiary/aromatic N) is 2. The lowest BCUT2D eigenvalue weighted by atomic mass is 10.2. The van der Waals surface area contributed by atoms with Crippen LogP contribution in [0.4, 0.5) is 11.4 Å². The van der Waals surface area contributed by atoms with Crippen LogP contribution in [0.2, 0.25) is 0 Å². The number of hydrogen-bond donors (Lipinski definition) is 1. The Hall–Kier alpha value is -2.22. The summed E-state index contributed by atoms with van der Waals surface area (Å²) in [6, 6.07) is 16.1. The first-order valence-electron chi connectivity index (χ1n) is 6.58. The van der Waals surface area contributed by atoms with E-state index in [1.54, 1.807) is 38.9 Å². The molecular weight excluding hydrogens is 348 g/mol. The van der Waals surface area contributed by atoms with Gasteiger partial charge < -0.3 is 5.11 Å².